The van der Waals surface area contributed by atoms with E-state index in [1.807, 2.05) is 0 Å². The molecule has 0 bridgehead atoms. The number of hydrogen-bond donors (Lipinski definition) is 1. The number of sulfonamides is 1. The third-order valence-corrected chi connectivity index (χ3v) is 8.55. The van der Waals surface area contributed by atoms with E-state index in [9.17, 15) is 30.8 Å². The van der Waals surface area contributed by atoms with E-state index in [2.05, 4.69) is 10.3 Å². The zero-order chi connectivity index (χ0) is 29.3. The Balaban J connectivity index is 1.57. The Kier molecular flexibility index (Phi) is 8.23. The average Bonchev–Trinajstić information content (AvgIpc) is 3.68. The quantitative estimate of drug-likeness (QED) is 0.318. The van der Waals surface area contributed by atoms with E-state index in [-0.39, 0.29) is 30.0 Å². The predicted molar refractivity (Wildman–Crippen MR) is 140 cm³/mol. The molecule has 0 radical (unpaired) electrons. The van der Waals surface area contributed by atoms with Gasteiger partial charge in [-0.2, -0.15) is 17.5 Å². The van der Waals surface area contributed by atoms with Crippen molar-refractivity contribution in [2.75, 3.05) is 6.54 Å². The van der Waals surface area contributed by atoms with E-state index in [0.717, 1.165) is 40.7 Å². The summed E-state index contributed by atoms with van der Waals surface area (Å²) in [5.41, 5.74) is -0.719. The lowest BCUT2D eigenvalue weighted by Gasteiger charge is -2.29. The lowest BCUT2D eigenvalue weighted by Crippen LogP contribution is -2.51. The molecule has 7 nitrogen and oxygen atoms in total. The molecular formula is C28H29F4N3O4S. The number of nitrogens with zero attached hydrogens (tertiary/aromatic N) is 2. The highest BCUT2D eigenvalue weighted by Gasteiger charge is 2.58. The van der Waals surface area contributed by atoms with Gasteiger partial charge in [-0.15, -0.1) is 0 Å². The van der Waals surface area contributed by atoms with E-state index >= 15 is 0 Å². The fraction of sp³-hybridized carbons (Fsp3) is 0.357. The molecule has 1 saturated carbocycles. The van der Waals surface area contributed by atoms with Gasteiger partial charge in [0.2, 0.25) is 21.8 Å². The summed E-state index contributed by atoms with van der Waals surface area (Å²) < 4.78 is 85.8. The molecule has 1 aliphatic carbocycles. The van der Waals surface area contributed by atoms with E-state index < -0.39 is 39.0 Å². The Bertz CT molecular complexity index is 1470. The summed E-state index contributed by atoms with van der Waals surface area (Å²) >= 11 is 0. The number of pyridine rings is 1. The Hall–Kier alpha value is -3.51. The zero-order valence-corrected chi connectivity index (χ0v) is 22.9. The topological polar surface area (TPSA) is 88.6 Å². The Morgan fingerprint density at radius 1 is 1.07 bits per heavy atom. The highest BCUT2D eigenvalue weighted by atomic mass is 32.2. The van der Waals surface area contributed by atoms with Gasteiger partial charge >= 0.3 is 6.18 Å². The lowest BCUT2D eigenvalue weighted by molar-refractivity contribution is -0.137. The van der Waals surface area contributed by atoms with Crippen LogP contribution in [-0.4, -0.2) is 41.8 Å². The van der Waals surface area contributed by atoms with Gasteiger partial charge in [0.05, 0.1) is 22.3 Å². The molecule has 0 spiro atoms. The van der Waals surface area contributed by atoms with Crippen molar-refractivity contribution in [3.63, 3.8) is 0 Å². The van der Waals surface area contributed by atoms with Crippen molar-refractivity contribution in [1.82, 2.24) is 14.6 Å². The molecule has 2 aromatic carbocycles. The molecule has 1 N–H and O–H groups in total. The maximum absolute atomic E-state index is 13.4. The predicted octanol–water partition coefficient (Wildman–Crippen LogP) is 5.55. The van der Waals surface area contributed by atoms with Gasteiger partial charge in [-0.3, -0.25) is 4.79 Å². The van der Waals surface area contributed by atoms with Crippen LogP contribution < -0.4 is 10.1 Å². The van der Waals surface area contributed by atoms with Gasteiger partial charge in [-0.1, -0.05) is 19.1 Å². The summed E-state index contributed by atoms with van der Waals surface area (Å²) in [6.07, 6.45) is -4.06. The van der Waals surface area contributed by atoms with Gasteiger partial charge < -0.3 is 10.1 Å². The fourth-order valence-electron chi connectivity index (χ4n) is 4.43. The van der Waals surface area contributed by atoms with Crippen LogP contribution in [-0.2, 0) is 27.5 Å². The van der Waals surface area contributed by atoms with Crippen LogP contribution in [0.1, 0.15) is 44.7 Å². The van der Waals surface area contributed by atoms with Crippen molar-refractivity contribution in [1.29, 1.82) is 0 Å². The van der Waals surface area contributed by atoms with Crippen LogP contribution in [0.25, 0.3) is 11.3 Å². The maximum atomic E-state index is 13.4. The van der Waals surface area contributed by atoms with Crippen LogP contribution in [0.3, 0.4) is 0 Å². The Morgan fingerprint density at radius 3 is 2.23 bits per heavy atom. The monoisotopic (exact) mass is 579 g/mol. The number of amides is 1. The van der Waals surface area contributed by atoms with E-state index in [1.54, 1.807) is 32.9 Å². The number of carbonyl (C=O) groups is 1. The minimum Gasteiger partial charge on any atom is -0.475 e. The molecule has 0 atom stereocenters. The highest BCUT2D eigenvalue weighted by molar-refractivity contribution is 7.89. The smallest absolute Gasteiger partial charge is 0.416 e. The fourth-order valence-corrected chi connectivity index (χ4v) is 6.23. The molecule has 214 valence electrons. The van der Waals surface area contributed by atoms with Gasteiger partial charge in [-0.05, 0) is 74.7 Å². The number of aromatic nitrogens is 1. The van der Waals surface area contributed by atoms with E-state index in [1.165, 1.54) is 12.1 Å². The molecule has 1 aliphatic rings. The first-order chi connectivity index (χ1) is 18.8. The molecule has 4 rings (SSSR count). The van der Waals surface area contributed by atoms with Gasteiger partial charge in [0.15, 0.2) is 0 Å². The number of carbonyl (C=O) groups excluding carboxylic acids is 1. The van der Waals surface area contributed by atoms with Crippen molar-refractivity contribution in [2.24, 2.45) is 0 Å². The molecule has 0 unspecified atom stereocenters. The second kappa shape index (κ2) is 11.2. The van der Waals surface area contributed by atoms with E-state index in [0.29, 0.717) is 29.7 Å². The molecule has 1 aromatic heterocycles. The minimum atomic E-state index is -4.47. The third kappa shape index (κ3) is 6.28. The summed E-state index contributed by atoms with van der Waals surface area (Å²) in [7, 11) is -4.07. The average molecular weight is 580 g/mol. The molecular weight excluding hydrogens is 550 g/mol. The first-order valence-electron chi connectivity index (χ1n) is 12.7. The first kappa shape index (κ1) is 29.5. The number of alkyl halides is 3. The van der Waals surface area contributed by atoms with Crippen LogP contribution in [0.2, 0.25) is 0 Å². The molecule has 1 heterocycles. The van der Waals surface area contributed by atoms with Gasteiger partial charge in [0, 0.05) is 24.7 Å². The maximum Gasteiger partial charge on any atom is 0.416 e. The van der Waals surface area contributed by atoms with Gasteiger partial charge in [-0.25, -0.2) is 17.8 Å². The standard InChI is InChI=1S/C28H29F4N3O4S/c1-4-35(40(37,38)23-11-9-22(29)10-12-23)27(13-14-27)26(36)33-17-19-15-24(34-25(16-19)39-18(2)3)20-5-7-21(8-6-20)28(30,31)32/h5-12,15-16,18H,4,13-14,17H2,1-3H3,(H,33,36). The number of nitrogens with one attached hydrogen (secondary N) is 1. The number of ether oxygens (including phenoxy) is 1. The van der Waals surface area contributed by atoms with Crippen LogP contribution in [0.15, 0.2) is 65.6 Å². The second-order valence-electron chi connectivity index (χ2n) is 9.78. The third-order valence-electron chi connectivity index (χ3n) is 6.49. The highest BCUT2D eigenvalue weighted by Crippen LogP contribution is 2.45. The summed E-state index contributed by atoms with van der Waals surface area (Å²) in [5.74, 6) is -0.833. The number of benzene rings is 2. The van der Waals surface area contributed by atoms with Gasteiger partial charge in [0.25, 0.3) is 0 Å². The van der Waals surface area contributed by atoms with E-state index in [4.69, 9.17) is 4.74 Å². The van der Waals surface area contributed by atoms with Crippen molar-refractivity contribution >= 4 is 15.9 Å². The number of hydrogen-bond acceptors (Lipinski definition) is 5. The molecule has 12 heteroatoms. The van der Waals surface area contributed by atoms with Crippen molar-refractivity contribution in [3.05, 3.63) is 77.6 Å². The minimum absolute atomic E-state index is 0.000651. The zero-order valence-electron chi connectivity index (χ0n) is 22.1. The largest absolute Gasteiger partial charge is 0.475 e. The summed E-state index contributed by atoms with van der Waals surface area (Å²) in [4.78, 5) is 17.6. The van der Waals surface area contributed by atoms with Crippen LogP contribution in [0, 0.1) is 5.82 Å². The van der Waals surface area contributed by atoms with Crippen LogP contribution in [0.5, 0.6) is 5.88 Å². The SMILES string of the molecule is CCN(C1(C(=O)NCc2cc(OC(C)C)nc(-c3ccc(C(F)(F)F)cc3)c2)CC1)S(=O)(=O)c1ccc(F)cc1. The lowest BCUT2D eigenvalue weighted by atomic mass is 10.1. The van der Waals surface area contributed by atoms with Crippen molar-refractivity contribution < 1.29 is 35.5 Å². The van der Waals surface area contributed by atoms with Gasteiger partial charge in [0.1, 0.15) is 11.4 Å². The number of halogens is 4. The molecule has 0 aliphatic heterocycles. The summed E-state index contributed by atoms with van der Waals surface area (Å²) in [6.45, 7) is 5.26. The normalized spacial score (nSPS) is 14.8. The molecule has 40 heavy (non-hydrogen) atoms. The van der Waals surface area contributed by atoms with Crippen LogP contribution in [0.4, 0.5) is 17.6 Å². The van der Waals surface area contributed by atoms with Crippen LogP contribution >= 0.6 is 0 Å². The Morgan fingerprint density at radius 2 is 1.70 bits per heavy atom. The summed E-state index contributed by atoms with van der Waals surface area (Å²) in [5, 5.41) is 2.80. The number of rotatable bonds is 10. The van der Waals surface area contributed by atoms with Crippen molar-refractivity contribution in [3.8, 4) is 17.1 Å². The second-order valence-corrected chi connectivity index (χ2v) is 11.6. The first-order valence-corrected chi connectivity index (χ1v) is 14.1. The van der Waals surface area contributed by atoms with Crippen molar-refractivity contribution in [2.45, 2.75) is 62.9 Å². The molecule has 3 aromatic rings. The Labute approximate surface area is 230 Å². The summed E-state index contributed by atoms with van der Waals surface area (Å²) in [6, 6.07) is 12.2. The molecule has 1 amide bonds. The molecule has 0 saturated heterocycles. The number of likely N-dealkylation sites (N-methyl/N-ethyl adjacent to an activating group) is 1. The molecule has 1 fully saturated rings.